The number of nitrogens with zero attached hydrogens (tertiary/aromatic N) is 3. The first-order chi connectivity index (χ1) is 10.7. The SMILES string of the molecule is O=C(CCc1cn(-c2ccccc2)nn1)NNC(=O)C1CC1. The fraction of sp³-hybridized carbons (Fsp3) is 0.333. The van der Waals surface area contributed by atoms with Crippen molar-refractivity contribution in [2.75, 3.05) is 0 Å². The van der Waals surface area contributed by atoms with Gasteiger partial charge in [0.15, 0.2) is 0 Å². The second-order valence-electron chi connectivity index (χ2n) is 5.30. The van der Waals surface area contributed by atoms with Crippen molar-refractivity contribution < 1.29 is 9.59 Å². The third-order valence-corrected chi connectivity index (χ3v) is 3.44. The van der Waals surface area contributed by atoms with E-state index in [1.54, 1.807) is 10.9 Å². The summed E-state index contributed by atoms with van der Waals surface area (Å²) in [5.74, 6) is -0.266. The molecular formula is C15H17N5O2. The fourth-order valence-electron chi connectivity index (χ4n) is 2.00. The number of hydrogen-bond donors (Lipinski definition) is 2. The number of carbonyl (C=O) groups is 2. The first kappa shape index (κ1) is 14.2. The quantitative estimate of drug-likeness (QED) is 0.798. The number of nitrogens with one attached hydrogen (secondary N) is 2. The van der Waals surface area contributed by atoms with Gasteiger partial charge in [-0.15, -0.1) is 5.10 Å². The van der Waals surface area contributed by atoms with E-state index in [4.69, 9.17) is 0 Å². The third-order valence-electron chi connectivity index (χ3n) is 3.44. The van der Waals surface area contributed by atoms with Gasteiger partial charge in [0, 0.05) is 18.8 Å². The highest BCUT2D eigenvalue weighted by atomic mass is 16.2. The van der Waals surface area contributed by atoms with Crippen molar-refractivity contribution in [1.82, 2.24) is 25.8 Å². The molecule has 2 aromatic rings. The third kappa shape index (κ3) is 3.69. The summed E-state index contributed by atoms with van der Waals surface area (Å²) in [4.78, 5) is 23.1. The molecule has 7 heteroatoms. The van der Waals surface area contributed by atoms with Crippen LogP contribution in [-0.4, -0.2) is 26.8 Å². The van der Waals surface area contributed by atoms with Crippen molar-refractivity contribution in [3.8, 4) is 5.69 Å². The number of hydrogen-bond acceptors (Lipinski definition) is 4. The minimum Gasteiger partial charge on any atom is -0.273 e. The Morgan fingerprint density at radius 2 is 1.95 bits per heavy atom. The molecule has 0 unspecified atom stereocenters. The second-order valence-corrected chi connectivity index (χ2v) is 5.30. The van der Waals surface area contributed by atoms with Gasteiger partial charge in [0.05, 0.1) is 17.6 Å². The van der Waals surface area contributed by atoms with Gasteiger partial charge in [0.2, 0.25) is 11.8 Å². The zero-order valence-corrected chi connectivity index (χ0v) is 12.0. The first-order valence-corrected chi connectivity index (χ1v) is 7.28. The van der Waals surface area contributed by atoms with Crippen LogP contribution < -0.4 is 10.9 Å². The van der Waals surface area contributed by atoms with E-state index in [2.05, 4.69) is 21.2 Å². The maximum atomic E-state index is 11.7. The van der Waals surface area contributed by atoms with Gasteiger partial charge in [-0.05, 0) is 25.0 Å². The Morgan fingerprint density at radius 3 is 2.68 bits per heavy atom. The smallest absolute Gasteiger partial charge is 0.241 e. The van der Waals surface area contributed by atoms with E-state index < -0.39 is 0 Å². The molecule has 0 spiro atoms. The molecule has 1 saturated carbocycles. The van der Waals surface area contributed by atoms with Crippen molar-refractivity contribution >= 4 is 11.8 Å². The second kappa shape index (κ2) is 6.38. The summed E-state index contributed by atoms with van der Waals surface area (Å²) < 4.78 is 1.67. The number of aromatic nitrogens is 3. The van der Waals surface area contributed by atoms with Gasteiger partial charge in [-0.1, -0.05) is 23.4 Å². The summed E-state index contributed by atoms with van der Waals surface area (Å²) in [5, 5.41) is 8.08. The van der Waals surface area contributed by atoms with E-state index in [1.807, 2.05) is 30.3 Å². The Labute approximate surface area is 127 Å². The van der Waals surface area contributed by atoms with Crippen LogP contribution in [0, 0.1) is 5.92 Å². The first-order valence-electron chi connectivity index (χ1n) is 7.28. The maximum absolute atomic E-state index is 11.7. The number of hydrazine groups is 1. The average Bonchev–Trinajstić information content (AvgIpc) is 3.30. The highest BCUT2D eigenvalue weighted by molar-refractivity contribution is 5.84. The van der Waals surface area contributed by atoms with Crippen LogP contribution in [0.25, 0.3) is 5.69 Å². The standard InChI is InChI=1S/C15H17N5O2/c21-14(17-18-15(22)11-6-7-11)9-8-12-10-20(19-16-12)13-4-2-1-3-5-13/h1-5,10-11H,6-9H2,(H,17,21)(H,18,22). The molecule has 3 rings (SSSR count). The normalized spacial score (nSPS) is 13.6. The topological polar surface area (TPSA) is 88.9 Å². The number of rotatable bonds is 5. The molecule has 1 fully saturated rings. The lowest BCUT2D eigenvalue weighted by Gasteiger charge is -2.05. The minimum absolute atomic E-state index is 0.0751. The summed E-state index contributed by atoms with van der Waals surface area (Å²) >= 11 is 0. The Morgan fingerprint density at radius 1 is 1.18 bits per heavy atom. The van der Waals surface area contributed by atoms with Crippen LogP contribution >= 0.6 is 0 Å². The molecule has 7 nitrogen and oxygen atoms in total. The van der Waals surface area contributed by atoms with E-state index in [-0.39, 0.29) is 24.2 Å². The summed E-state index contributed by atoms with van der Waals surface area (Å²) in [6.07, 6.45) is 4.33. The molecule has 1 heterocycles. The molecule has 114 valence electrons. The average molecular weight is 299 g/mol. The Hall–Kier alpha value is -2.70. The Balaban J connectivity index is 1.46. The molecule has 0 saturated heterocycles. The van der Waals surface area contributed by atoms with Crippen LogP contribution in [0.5, 0.6) is 0 Å². The van der Waals surface area contributed by atoms with E-state index in [0.717, 1.165) is 24.2 Å². The monoisotopic (exact) mass is 299 g/mol. The van der Waals surface area contributed by atoms with Gasteiger partial charge in [0.25, 0.3) is 0 Å². The van der Waals surface area contributed by atoms with E-state index in [9.17, 15) is 9.59 Å². The lowest BCUT2D eigenvalue weighted by atomic mass is 10.2. The van der Waals surface area contributed by atoms with Crippen LogP contribution in [0.15, 0.2) is 36.5 Å². The van der Waals surface area contributed by atoms with Crippen LogP contribution in [0.2, 0.25) is 0 Å². The predicted molar refractivity (Wildman–Crippen MR) is 78.7 cm³/mol. The number of aryl methyl sites for hydroxylation is 1. The highest BCUT2D eigenvalue weighted by Crippen LogP contribution is 2.28. The van der Waals surface area contributed by atoms with Gasteiger partial charge in [-0.25, -0.2) is 4.68 Å². The molecule has 0 aliphatic heterocycles. The van der Waals surface area contributed by atoms with Gasteiger partial charge >= 0.3 is 0 Å². The fourth-order valence-corrected chi connectivity index (χ4v) is 2.00. The predicted octanol–water partition coefficient (Wildman–Crippen LogP) is 0.757. The molecule has 2 N–H and O–H groups in total. The summed E-state index contributed by atoms with van der Waals surface area (Å²) in [5.41, 5.74) is 6.50. The molecule has 0 bridgehead atoms. The van der Waals surface area contributed by atoms with Crippen LogP contribution in [-0.2, 0) is 16.0 Å². The zero-order valence-electron chi connectivity index (χ0n) is 12.0. The van der Waals surface area contributed by atoms with Crippen LogP contribution in [0.3, 0.4) is 0 Å². The van der Waals surface area contributed by atoms with E-state index >= 15 is 0 Å². The molecule has 0 atom stereocenters. The Bertz CT molecular complexity index is 664. The highest BCUT2D eigenvalue weighted by Gasteiger charge is 2.29. The zero-order chi connectivity index (χ0) is 15.4. The minimum atomic E-state index is -0.233. The van der Waals surface area contributed by atoms with Crippen molar-refractivity contribution in [3.05, 3.63) is 42.2 Å². The largest absolute Gasteiger partial charge is 0.273 e. The summed E-state index contributed by atoms with van der Waals surface area (Å²) in [6.45, 7) is 0. The molecule has 1 aliphatic carbocycles. The van der Waals surface area contributed by atoms with Crippen LogP contribution in [0.1, 0.15) is 25.0 Å². The van der Waals surface area contributed by atoms with Crippen molar-refractivity contribution in [2.45, 2.75) is 25.7 Å². The van der Waals surface area contributed by atoms with Gasteiger partial charge < -0.3 is 0 Å². The number of carbonyl (C=O) groups excluding carboxylic acids is 2. The maximum Gasteiger partial charge on any atom is 0.241 e. The number of para-hydroxylation sites is 1. The van der Waals surface area contributed by atoms with E-state index in [0.29, 0.717) is 6.42 Å². The van der Waals surface area contributed by atoms with E-state index in [1.165, 1.54) is 0 Å². The molecule has 1 aromatic carbocycles. The summed E-state index contributed by atoms with van der Waals surface area (Å²) in [6, 6.07) is 9.64. The lowest BCUT2D eigenvalue weighted by molar-refractivity contribution is -0.129. The molecule has 1 aliphatic rings. The van der Waals surface area contributed by atoms with Crippen molar-refractivity contribution in [3.63, 3.8) is 0 Å². The molecule has 0 radical (unpaired) electrons. The van der Waals surface area contributed by atoms with Crippen molar-refractivity contribution in [1.29, 1.82) is 0 Å². The molecule has 2 amide bonds. The molecule has 22 heavy (non-hydrogen) atoms. The Kier molecular flexibility index (Phi) is 4.13. The number of amides is 2. The summed E-state index contributed by atoms with van der Waals surface area (Å²) in [7, 11) is 0. The van der Waals surface area contributed by atoms with Crippen LogP contribution in [0.4, 0.5) is 0 Å². The molecule has 1 aromatic heterocycles. The van der Waals surface area contributed by atoms with Gasteiger partial charge in [-0.3, -0.25) is 20.4 Å². The van der Waals surface area contributed by atoms with Crippen molar-refractivity contribution in [2.24, 2.45) is 5.92 Å². The molecular weight excluding hydrogens is 282 g/mol. The van der Waals surface area contributed by atoms with Gasteiger partial charge in [-0.2, -0.15) is 0 Å². The lowest BCUT2D eigenvalue weighted by Crippen LogP contribution is -2.42. The number of benzene rings is 1. The van der Waals surface area contributed by atoms with Gasteiger partial charge in [0.1, 0.15) is 0 Å².